The molecule has 0 rings (SSSR count). The maximum Gasteiger partial charge on any atom is 0.220 e. The molecule has 4 nitrogen and oxygen atoms in total. The number of unbranched alkanes of at least 4 members (excludes halogenated alkanes) is 46. The van der Waals surface area contributed by atoms with Crippen molar-refractivity contribution in [3.63, 3.8) is 0 Å². The van der Waals surface area contributed by atoms with Gasteiger partial charge >= 0.3 is 0 Å². The number of carbonyl (C=O) groups excluding carboxylic acids is 1. The number of carbonyl (C=O) groups is 1. The van der Waals surface area contributed by atoms with Crippen LogP contribution < -0.4 is 5.32 Å². The van der Waals surface area contributed by atoms with Crippen LogP contribution in [0.2, 0.25) is 0 Å². The van der Waals surface area contributed by atoms with Crippen molar-refractivity contribution in [2.45, 2.75) is 373 Å². The van der Waals surface area contributed by atoms with Gasteiger partial charge in [-0.3, -0.25) is 4.79 Å². The van der Waals surface area contributed by atoms with E-state index >= 15 is 0 Å². The Balaban J connectivity index is 3.45. The summed E-state index contributed by atoms with van der Waals surface area (Å²) < 4.78 is 0. The second-order valence-corrected chi connectivity index (χ2v) is 23.2. The quantitative estimate of drug-likeness (QED) is 0.0420. The number of rotatable bonds is 63. The molecule has 0 saturated carbocycles. The van der Waals surface area contributed by atoms with E-state index in [1.165, 1.54) is 283 Å². The molecule has 76 heavy (non-hydrogen) atoms. The molecule has 3 N–H and O–H groups in total. The van der Waals surface area contributed by atoms with Gasteiger partial charge in [0.05, 0.1) is 18.8 Å². The van der Waals surface area contributed by atoms with E-state index < -0.39 is 12.1 Å². The fraction of sp³-hybridized carbons (Fsp3) is 0.819. The molecular weight excluding hydrogens is 927 g/mol. The van der Waals surface area contributed by atoms with Crippen LogP contribution in [0.1, 0.15) is 361 Å². The first-order valence-electron chi connectivity index (χ1n) is 34.2. The number of hydrogen-bond donors (Lipinski definition) is 3. The number of amides is 1. The zero-order chi connectivity index (χ0) is 54.8. The van der Waals surface area contributed by atoms with Gasteiger partial charge in [0.25, 0.3) is 0 Å². The lowest BCUT2D eigenvalue weighted by Crippen LogP contribution is -2.45. The van der Waals surface area contributed by atoms with Crippen LogP contribution >= 0.6 is 0 Å². The molecule has 0 bridgehead atoms. The molecule has 4 heteroatoms. The molecule has 0 aliphatic heterocycles. The first-order chi connectivity index (χ1) is 37.7. The van der Waals surface area contributed by atoms with Crippen molar-refractivity contribution in [2.24, 2.45) is 0 Å². The summed E-state index contributed by atoms with van der Waals surface area (Å²) in [5.41, 5.74) is 0. The van der Waals surface area contributed by atoms with E-state index in [9.17, 15) is 15.0 Å². The van der Waals surface area contributed by atoms with Gasteiger partial charge in [-0.1, -0.05) is 363 Å². The van der Waals surface area contributed by atoms with Gasteiger partial charge in [-0.2, -0.15) is 0 Å². The summed E-state index contributed by atoms with van der Waals surface area (Å²) in [6.07, 6.45) is 96.9. The van der Waals surface area contributed by atoms with Crippen molar-refractivity contribution in [3.05, 3.63) is 72.9 Å². The summed E-state index contributed by atoms with van der Waals surface area (Å²) in [7, 11) is 0. The van der Waals surface area contributed by atoms with Crippen molar-refractivity contribution >= 4 is 5.91 Å². The first-order valence-corrected chi connectivity index (χ1v) is 34.2. The van der Waals surface area contributed by atoms with Crippen LogP contribution in [0.5, 0.6) is 0 Å². The smallest absolute Gasteiger partial charge is 0.220 e. The van der Waals surface area contributed by atoms with E-state index in [0.29, 0.717) is 6.42 Å². The fourth-order valence-corrected chi connectivity index (χ4v) is 10.6. The van der Waals surface area contributed by atoms with Gasteiger partial charge in [-0.15, -0.1) is 0 Å². The van der Waals surface area contributed by atoms with Crippen molar-refractivity contribution in [1.29, 1.82) is 0 Å². The molecule has 0 aromatic heterocycles. The van der Waals surface area contributed by atoms with Crippen LogP contribution in [0.15, 0.2) is 72.9 Å². The van der Waals surface area contributed by atoms with Crippen LogP contribution in [-0.2, 0) is 4.79 Å². The van der Waals surface area contributed by atoms with Gasteiger partial charge in [0.15, 0.2) is 0 Å². The molecule has 0 saturated heterocycles. The Bertz CT molecular complexity index is 1290. The van der Waals surface area contributed by atoms with Gasteiger partial charge < -0.3 is 15.5 Å². The average molecular weight is 1060 g/mol. The third kappa shape index (κ3) is 62.7. The Hall–Kier alpha value is -2.17. The minimum Gasteiger partial charge on any atom is -0.394 e. The molecule has 2 atom stereocenters. The van der Waals surface area contributed by atoms with Crippen molar-refractivity contribution in [2.75, 3.05) is 6.61 Å². The second-order valence-electron chi connectivity index (χ2n) is 23.2. The normalized spacial score (nSPS) is 13.2. The molecule has 0 spiro atoms. The van der Waals surface area contributed by atoms with Gasteiger partial charge in [-0.05, 0) is 64.2 Å². The summed E-state index contributed by atoms with van der Waals surface area (Å²) >= 11 is 0. The van der Waals surface area contributed by atoms with Gasteiger partial charge in [0.2, 0.25) is 5.91 Å². The summed E-state index contributed by atoms with van der Waals surface area (Å²) in [6, 6.07) is -0.626. The number of aliphatic hydroxyl groups is 2. The van der Waals surface area contributed by atoms with Crippen molar-refractivity contribution in [3.8, 4) is 0 Å². The second kappa shape index (κ2) is 67.1. The fourth-order valence-electron chi connectivity index (χ4n) is 10.6. The Morgan fingerprint density at radius 3 is 0.868 bits per heavy atom. The Labute approximate surface area is 476 Å². The highest BCUT2D eigenvalue weighted by Gasteiger charge is 2.18. The molecule has 0 aliphatic carbocycles. The lowest BCUT2D eigenvalue weighted by Gasteiger charge is -2.20. The topological polar surface area (TPSA) is 69.6 Å². The minimum absolute atomic E-state index is 0.0598. The maximum absolute atomic E-state index is 12.5. The van der Waals surface area contributed by atoms with E-state index in [1.807, 2.05) is 6.08 Å². The van der Waals surface area contributed by atoms with E-state index in [0.717, 1.165) is 57.8 Å². The third-order valence-corrected chi connectivity index (χ3v) is 15.7. The van der Waals surface area contributed by atoms with Crippen molar-refractivity contribution in [1.82, 2.24) is 5.32 Å². The van der Waals surface area contributed by atoms with E-state index in [2.05, 4.69) is 79.9 Å². The zero-order valence-electron chi connectivity index (χ0n) is 51.3. The van der Waals surface area contributed by atoms with E-state index in [4.69, 9.17) is 0 Å². The summed E-state index contributed by atoms with van der Waals surface area (Å²) in [5.74, 6) is -0.0598. The SMILES string of the molecule is CC/C=C\C/C=C\C/C=C\C/C=C\C/C=C\CCCCCCCCCCCCCCCCCCCC(=O)NC(CO)C(O)/C=C/CCCCCCCCCCCCCCCCCCCCCCCCCCCCCCC. The Kier molecular flexibility index (Phi) is 65.2. The lowest BCUT2D eigenvalue weighted by molar-refractivity contribution is -0.123. The molecule has 0 radical (unpaired) electrons. The summed E-state index contributed by atoms with van der Waals surface area (Å²) in [4.78, 5) is 12.5. The van der Waals surface area contributed by atoms with Gasteiger partial charge in [0, 0.05) is 6.42 Å². The van der Waals surface area contributed by atoms with E-state index in [1.54, 1.807) is 6.08 Å². The minimum atomic E-state index is -0.843. The van der Waals surface area contributed by atoms with E-state index in [-0.39, 0.29) is 12.5 Å². The molecule has 0 aromatic carbocycles. The lowest BCUT2D eigenvalue weighted by atomic mass is 10.0. The summed E-state index contributed by atoms with van der Waals surface area (Å²) in [6.45, 7) is 4.23. The third-order valence-electron chi connectivity index (χ3n) is 15.7. The highest BCUT2D eigenvalue weighted by molar-refractivity contribution is 5.76. The first kappa shape index (κ1) is 73.8. The standard InChI is InChI=1S/C72H133NO3/c1-3-5-7-9-11-13-15-17-19-21-23-25-27-29-31-33-35-36-38-40-42-44-46-48-50-52-54-56-58-60-62-64-66-68-72(76)73-70(69-74)71(75)67-65-63-61-59-57-55-53-51-49-47-45-43-41-39-37-34-32-30-28-26-24-22-20-18-16-14-12-10-8-6-4-2/h5,7,11,13,17,19,23,25,29,31,65,67,70-71,74-75H,3-4,6,8-10,12,14-16,18,20-22,24,26-28,30,32-64,66,68-69H2,1-2H3,(H,73,76)/b7-5-,13-11-,19-17-,25-23-,31-29-,67-65+. The maximum atomic E-state index is 12.5. The van der Waals surface area contributed by atoms with Crippen molar-refractivity contribution < 1.29 is 15.0 Å². The zero-order valence-corrected chi connectivity index (χ0v) is 51.3. The number of aliphatic hydroxyl groups excluding tert-OH is 2. The monoisotopic (exact) mass is 1060 g/mol. The number of hydrogen-bond acceptors (Lipinski definition) is 3. The predicted octanol–water partition coefficient (Wildman–Crippen LogP) is 23.3. The molecule has 0 fully saturated rings. The highest BCUT2D eigenvalue weighted by atomic mass is 16.3. The Morgan fingerprint density at radius 1 is 0.329 bits per heavy atom. The molecule has 0 heterocycles. The Morgan fingerprint density at radius 2 is 0.579 bits per heavy atom. The van der Waals surface area contributed by atoms with Gasteiger partial charge in [0.1, 0.15) is 0 Å². The van der Waals surface area contributed by atoms with Crippen LogP contribution in [0.25, 0.3) is 0 Å². The number of nitrogens with one attached hydrogen (secondary N) is 1. The molecule has 0 aliphatic rings. The largest absolute Gasteiger partial charge is 0.394 e. The van der Waals surface area contributed by atoms with Crippen LogP contribution in [0.4, 0.5) is 0 Å². The van der Waals surface area contributed by atoms with Crippen LogP contribution in [-0.4, -0.2) is 34.9 Å². The predicted molar refractivity (Wildman–Crippen MR) is 341 cm³/mol. The average Bonchev–Trinajstić information content (AvgIpc) is 3.42. The molecular formula is C72H133NO3. The molecule has 2 unspecified atom stereocenters. The van der Waals surface area contributed by atoms with Crippen LogP contribution in [0, 0.1) is 0 Å². The molecule has 1 amide bonds. The number of allylic oxidation sites excluding steroid dienone is 11. The highest BCUT2D eigenvalue weighted by Crippen LogP contribution is 2.19. The molecule has 0 aromatic rings. The van der Waals surface area contributed by atoms with Crippen LogP contribution in [0.3, 0.4) is 0 Å². The van der Waals surface area contributed by atoms with Gasteiger partial charge in [-0.25, -0.2) is 0 Å². The summed E-state index contributed by atoms with van der Waals surface area (Å²) in [5, 5.41) is 23.3. The molecule has 444 valence electrons.